The number of carbonyl (C=O) groups excluding carboxylic acids is 1. The van der Waals surface area contributed by atoms with Crippen LogP contribution in [0.15, 0.2) is 12.1 Å². The lowest BCUT2D eigenvalue weighted by Crippen LogP contribution is -2.54. The Morgan fingerprint density at radius 1 is 1.12 bits per heavy atom. The molecule has 4 rings (SSSR count). The molecule has 1 aromatic rings. The number of carbonyl (C=O) groups is 1. The van der Waals surface area contributed by atoms with Crippen molar-refractivity contribution in [3.05, 3.63) is 21.9 Å². The molecule has 1 aromatic heterocycles. The van der Waals surface area contributed by atoms with E-state index in [-0.39, 0.29) is 0 Å². The predicted octanol–water partition coefficient (Wildman–Crippen LogP) is 1.95. The van der Waals surface area contributed by atoms with Gasteiger partial charge in [0.1, 0.15) is 0 Å². The summed E-state index contributed by atoms with van der Waals surface area (Å²) in [6, 6.07) is 5.44. The third-order valence-corrected chi connectivity index (χ3v) is 6.90. The minimum absolute atomic E-state index is 0.364. The molecule has 0 radical (unpaired) electrons. The Bertz CT molecular complexity index is 599. The standard InChI is InChI=1S/C19H29N3O2S/c1-15-2-3-16(25-15)14-21-7-6-18-17(21)4-5-19(23)22(18)9-8-20-10-12-24-13-11-20/h2-3,17-18H,4-14H2,1H3/t17-,18-/m1/s1. The first-order valence-corrected chi connectivity index (χ1v) is 10.4. The Morgan fingerprint density at radius 2 is 1.96 bits per heavy atom. The average molecular weight is 364 g/mol. The van der Waals surface area contributed by atoms with Gasteiger partial charge in [0.2, 0.25) is 5.91 Å². The second-order valence-corrected chi connectivity index (χ2v) is 8.86. The highest BCUT2D eigenvalue weighted by atomic mass is 32.1. The van der Waals surface area contributed by atoms with Crippen LogP contribution in [0.5, 0.6) is 0 Å². The Labute approximate surface area is 154 Å². The van der Waals surface area contributed by atoms with Crippen molar-refractivity contribution in [1.82, 2.24) is 14.7 Å². The van der Waals surface area contributed by atoms with Crippen LogP contribution < -0.4 is 0 Å². The molecule has 0 saturated carbocycles. The SMILES string of the molecule is Cc1ccc(CN2CC[C@@H]3[C@H]2CCC(=O)N3CCN2CCOCC2)s1. The number of thiophene rings is 1. The van der Waals surface area contributed by atoms with Crippen LogP contribution in [0.3, 0.4) is 0 Å². The molecule has 0 N–H and O–H groups in total. The summed E-state index contributed by atoms with van der Waals surface area (Å²) in [6.07, 6.45) is 2.87. The third kappa shape index (κ3) is 3.92. The molecule has 4 heterocycles. The number of piperidine rings is 1. The maximum atomic E-state index is 12.5. The van der Waals surface area contributed by atoms with Crippen molar-refractivity contribution in [1.29, 1.82) is 0 Å². The number of likely N-dealkylation sites (tertiary alicyclic amines) is 2. The Balaban J connectivity index is 1.37. The van der Waals surface area contributed by atoms with E-state index in [9.17, 15) is 4.79 Å². The fourth-order valence-electron chi connectivity index (χ4n) is 4.57. The fraction of sp³-hybridized carbons (Fsp3) is 0.737. The number of nitrogens with zero attached hydrogens (tertiary/aromatic N) is 3. The summed E-state index contributed by atoms with van der Waals surface area (Å²) in [4.78, 5) is 22.6. The van der Waals surface area contributed by atoms with Gasteiger partial charge in [-0.1, -0.05) is 0 Å². The van der Waals surface area contributed by atoms with Crippen LogP contribution in [0, 0.1) is 6.92 Å². The maximum Gasteiger partial charge on any atom is 0.222 e. The van der Waals surface area contributed by atoms with Crippen LogP contribution >= 0.6 is 11.3 Å². The number of fused-ring (bicyclic) bond motifs is 1. The van der Waals surface area contributed by atoms with Crippen LogP contribution in [0.2, 0.25) is 0 Å². The van der Waals surface area contributed by atoms with Gasteiger partial charge in [-0.2, -0.15) is 0 Å². The molecule has 25 heavy (non-hydrogen) atoms. The average Bonchev–Trinajstić information content (AvgIpc) is 3.22. The first-order chi connectivity index (χ1) is 12.2. The van der Waals surface area contributed by atoms with Gasteiger partial charge in [-0.15, -0.1) is 11.3 Å². The van der Waals surface area contributed by atoms with E-state index in [1.54, 1.807) is 0 Å². The predicted molar refractivity (Wildman–Crippen MR) is 99.9 cm³/mol. The number of amides is 1. The van der Waals surface area contributed by atoms with Crippen LogP contribution in [0.4, 0.5) is 0 Å². The van der Waals surface area contributed by atoms with E-state index in [0.29, 0.717) is 24.4 Å². The minimum atomic E-state index is 0.364. The molecule has 0 unspecified atom stereocenters. The third-order valence-electron chi connectivity index (χ3n) is 5.92. The summed E-state index contributed by atoms with van der Waals surface area (Å²) in [5.74, 6) is 0.364. The molecule has 0 aliphatic carbocycles. The molecule has 3 fully saturated rings. The van der Waals surface area contributed by atoms with E-state index in [0.717, 1.165) is 65.3 Å². The van der Waals surface area contributed by atoms with E-state index >= 15 is 0 Å². The van der Waals surface area contributed by atoms with Crippen molar-refractivity contribution in [3.63, 3.8) is 0 Å². The van der Waals surface area contributed by atoms with Crippen molar-refractivity contribution in [3.8, 4) is 0 Å². The number of rotatable bonds is 5. The molecule has 0 aromatic carbocycles. The highest BCUT2D eigenvalue weighted by molar-refractivity contribution is 7.11. The molecular weight excluding hydrogens is 334 g/mol. The molecular formula is C19H29N3O2S. The molecule has 6 heteroatoms. The number of morpholine rings is 1. The number of ether oxygens (including phenoxy) is 1. The molecule has 5 nitrogen and oxygen atoms in total. The van der Waals surface area contributed by atoms with E-state index in [1.807, 2.05) is 11.3 Å². The summed E-state index contributed by atoms with van der Waals surface area (Å²) in [5, 5.41) is 0. The quantitative estimate of drug-likeness (QED) is 0.801. The van der Waals surface area contributed by atoms with E-state index in [1.165, 1.54) is 9.75 Å². The lowest BCUT2D eigenvalue weighted by Gasteiger charge is -2.41. The molecule has 138 valence electrons. The van der Waals surface area contributed by atoms with Crippen LogP contribution in [0.1, 0.15) is 29.0 Å². The molecule has 2 atom stereocenters. The van der Waals surface area contributed by atoms with Crippen LogP contribution in [-0.2, 0) is 16.1 Å². The topological polar surface area (TPSA) is 36.0 Å². The fourth-order valence-corrected chi connectivity index (χ4v) is 5.49. The zero-order chi connectivity index (χ0) is 17.2. The van der Waals surface area contributed by atoms with Crippen molar-refractivity contribution in [2.75, 3.05) is 45.9 Å². The van der Waals surface area contributed by atoms with Crippen molar-refractivity contribution in [2.45, 2.75) is 44.8 Å². The Kier molecular flexibility index (Phi) is 5.41. The van der Waals surface area contributed by atoms with Gasteiger partial charge in [-0.3, -0.25) is 14.6 Å². The van der Waals surface area contributed by atoms with Gasteiger partial charge in [0.05, 0.1) is 13.2 Å². The molecule has 3 aliphatic heterocycles. The molecule has 1 amide bonds. The molecule has 3 aliphatic rings. The first kappa shape index (κ1) is 17.5. The summed E-state index contributed by atoms with van der Waals surface area (Å²) in [7, 11) is 0. The molecule has 0 spiro atoms. The zero-order valence-electron chi connectivity index (χ0n) is 15.2. The number of hydrogen-bond donors (Lipinski definition) is 0. The van der Waals surface area contributed by atoms with Crippen LogP contribution in [0.25, 0.3) is 0 Å². The van der Waals surface area contributed by atoms with Crippen molar-refractivity contribution >= 4 is 17.2 Å². The van der Waals surface area contributed by atoms with Gasteiger partial charge >= 0.3 is 0 Å². The van der Waals surface area contributed by atoms with E-state index in [2.05, 4.69) is 33.8 Å². The lowest BCUT2D eigenvalue weighted by atomic mass is 9.96. The maximum absolute atomic E-state index is 12.5. The minimum Gasteiger partial charge on any atom is -0.379 e. The summed E-state index contributed by atoms with van der Waals surface area (Å²) < 4.78 is 5.43. The highest BCUT2D eigenvalue weighted by Crippen LogP contribution is 2.33. The molecule has 0 bridgehead atoms. The van der Waals surface area contributed by atoms with E-state index in [4.69, 9.17) is 4.74 Å². The van der Waals surface area contributed by atoms with Crippen LogP contribution in [-0.4, -0.2) is 78.6 Å². The second-order valence-electron chi connectivity index (χ2n) is 7.49. The molecule has 3 saturated heterocycles. The van der Waals surface area contributed by atoms with E-state index < -0.39 is 0 Å². The summed E-state index contributed by atoms with van der Waals surface area (Å²) >= 11 is 1.90. The smallest absolute Gasteiger partial charge is 0.222 e. The number of hydrogen-bond acceptors (Lipinski definition) is 5. The number of aryl methyl sites for hydroxylation is 1. The van der Waals surface area contributed by atoms with Gasteiger partial charge < -0.3 is 9.64 Å². The normalized spacial score (nSPS) is 28.5. The monoisotopic (exact) mass is 363 g/mol. The largest absolute Gasteiger partial charge is 0.379 e. The van der Waals surface area contributed by atoms with Gasteiger partial charge in [0.15, 0.2) is 0 Å². The Hall–Kier alpha value is -0.950. The van der Waals surface area contributed by atoms with Gasteiger partial charge in [0, 0.05) is 67.5 Å². The lowest BCUT2D eigenvalue weighted by molar-refractivity contribution is -0.138. The van der Waals surface area contributed by atoms with Gasteiger partial charge in [-0.05, 0) is 31.9 Å². The first-order valence-electron chi connectivity index (χ1n) is 9.59. The van der Waals surface area contributed by atoms with Crippen molar-refractivity contribution in [2.24, 2.45) is 0 Å². The van der Waals surface area contributed by atoms with Gasteiger partial charge in [-0.25, -0.2) is 0 Å². The zero-order valence-corrected chi connectivity index (χ0v) is 16.0. The summed E-state index contributed by atoms with van der Waals surface area (Å²) in [6.45, 7) is 9.86. The Morgan fingerprint density at radius 3 is 2.72 bits per heavy atom. The summed E-state index contributed by atoms with van der Waals surface area (Å²) in [5.41, 5.74) is 0. The highest BCUT2D eigenvalue weighted by Gasteiger charge is 2.42. The van der Waals surface area contributed by atoms with Gasteiger partial charge in [0.25, 0.3) is 0 Å². The second kappa shape index (κ2) is 7.74. The van der Waals surface area contributed by atoms with Crippen molar-refractivity contribution < 1.29 is 9.53 Å².